The van der Waals surface area contributed by atoms with Crippen molar-refractivity contribution in [3.05, 3.63) is 261 Å². The van der Waals surface area contributed by atoms with Gasteiger partial charge in [0.2, 0.25) is 0 Å². The van der Waals surface area contributed by atoms with Crippen molar-refractivity contribution >= 4 is 17.1 Å². The molecule has 0 aliphatic carbocycles. The molecule has 288 valence electrons. The van der Waals surface area contributed by atoms with E-state index in [0.717, 1.165) is 22.6 Å². The summed E-state index contributed by atoms with van der Waals surface area (Å²) in [6, 6.07) is 93.9. The Bertz CT molecular complexity index is 2950. The van der Waals surface area contributed by atoms with Crippen LogP contribution in [0.15, 0.2) is 261 Å². The fraction of sp³-hybridized carbons (Fsp3) is 0. The van der Waals surface area contributed by atoms with Crippen LogP contribution in [0, 0.1) is 0 Å². The van der Waals surface area contributed by atoms with Crippen LogP contribution in [-0.2, 0) is 0 Å². The second-order valence-corrected chi connectivity index (χ2v) is 15.3. The highest BCUT2D eigenvalue weighted by Crippen LogP contribution is 2.41. The SMILES string of the molecule is c1ccc(-c2ccc(N(c3ccc(-c4ccccc4-c4ccccc4)cc3)c3ccc(-c4ccccc4-c4cc(-c5ccccc5)cc(-c5ccccc5)c4)cc3)cc2)cc1. The molecule has 0 spiro atoms. The van der Waals surface area contributed by atoms with E-state index in [9.17, 15) is 0 Å². The minimum absolute atomic E-state index is 1.09. The third-order valence-corrected chi connectivity index (χ3v) is 11.5. The monoisotopic (exact) mass is 777 g/mol. The molecule has 0 unspecified atom stereocenters. The van der Waals surface area contributed by atoms with Gasteiger partial charge in [-0.15, -0.1) is 0 Å². The van der Waals surface area contributed by atoms with E-state index in [1.54, 1.807) is 0 Å². The zero-order valence-electron chi connectivity index (χ0n) is 33.8. The minimum Gasteiger partial charge on any atom is -0.311 e. The van der Waals surface area contributed by atoms with Crippen molar-refractivity contribution in [3.8, 4) is 77.9 Å². The Kier molecular flexibility index (Phi) is 10.4. The van der Waals surface area contributed by atoms with E-state index in [-0.39, 0.29) is 0 Å². The third-order valence-electron chi connectivity index (χ3n) is 11.5. The van der Waals surface area contributed by atoms with Gasteiger partial charge in [-0.1, -0.05) is 206 Å². The zero-order chi connectivity index (χ0) is 40.8. The van der Waals surface area contributed by atoms with Gasteiger partial charge in [-0.3, -0.25) is 0 Å². The predicted octanol–water partition coefficient (Wildman–Crippen LogP) is 16.8. The molecule has 0 N–H and O–H groups in total. The van der Waals surface area contributed by atoms with Gasteiger partial charge in [-0.2, -0.15) is 0 Å². The summed E-state index contributed by atoms with van der Waals surface area (Å²) in [5.41, 5.74) is 20.0. The molecule has 0 saturated heterocycles. The topological polar surface area (TPSA) is 3.24 Å². The molecule has 0 atom stereocenters. The molecular weight excluding hydrogens is 735 g/mol. The number of rotatable bonds is 10. The largest absolute Gasteiger partial charge is 0.311 e. The summed E-state index contributed by atoms with van der Waals surface area (Å²) in [5, 5.41) is 0. The molecule has 0 amide bonds. The lowest BCUT2D eigenvalue weighted by Gasteiger charge is -2.26. The van der Waals surface area contributed by atoms with Gasteiger partial charge in [0.05, 0.1) is 0 Å². The highest BCUT2D eigenvalue weighted by Gasteiger charge is 2.16. The summed E-state index contributed by atoms with van der Waals surface area (Å²) >= 11 is 0. The minimum atomic E-state index is 1.09. The first-order valence-electron chi connectivity index (χ1n) is 20.9. The van der Waals surface area contributed by atoms with Crippen LogP contribution in [0.2, 0.25) is 0 Å². The number of anilines is 3. The molecule has 0 heterocycles. The van der Waals surface area contributed by atoms with E-state index in [2.05, 4.69) is 266 Å². The van der Waals surface area contributed by atoms with Crippen LogP contribution in [0.25, 0.3) is 77.9 Å². The van der Waals surface area contributed by atoms with Gasteiger partial charge in [-0.05, 0) is 132 Å². The van der Waals surface area contributed by atoms with Gasteiger partial charge in [0, 0.05) is 17.1 Å². The van der Waals surface area contributed by atoms with Crippen molar-refractivity contribution in [1.29, 1.82) is 0 Å². The summed E-state index contributed by atoms with van der Waals surface area (Å²) in [6.45, 7) is 0. The molecule has 0 radical (unpaired) electrons. The highest BCUT2D eigenvalue weighted by atomic mass is 15.1. The Balaban J connectivity index is 1.04. The molecule has 0 fully saturated rings. The molecule has 10 rings (SSSR count). The quantitative estimate of drug-likeness (QED) is 0.134. The average Bonchev–Trinajstić information content (AvgIpc) is 3.36. The first kappa shape index (κ1) is 37.3. The molecular formula is C60H43N. The lowest BCUT2D eigenvalue weighted by Crippen LogP contribution is -2.09. The summed E-state index contributed by atoms with van der Waals surface area (Å²) in [4.78, 5) is 2.35. The van der Waals surface area contributed by atoms with Crippen molar-refractivity contribution in [2.24, 2.45) is 0 Å². The van der Waals surface area contributed by atoms with Gasteiger partial charge >= 0.3 is 0 Å². The van der Waals surface area contributed by atoms with Crippen LogP contribution >= 0.6 is 0 Å². The Morgan fingerprint density at radius 3 is 0.754 bits per heavy atom. The Morgan fingerprint density at radius 1 is 0.164 bits per heavy atom. The molecule has 1 heteroatoms. The zero-order valence-corrected chi connectivity index (χ0v) is 33.8. The van der Waals surface area contributed by atoms with E-state index in [0.29, 0.717) is 0 Å². The molecule has 0 aliphatic heterocycles. The molecule has 61 heavy (non-hydrogen) atoms. The Hall–Kier alpha value is -8.00. The molecule has 0 aromatic heterocycles. The standard InChI is InChI=1S/C60H43N/c1-5-17-44(18-6-1)47-29-35-54(36-30-47)61(55-37-31-49(32-38-55)58-26-14-13-25-57(58)48-23-11-4-12-24-48)56-39-33-50(34-40-56)59-27-15-16-28-60(59)53-42-51(45-19-7-2-8-20-45)41-52(43-53)46-21-9-3-10-22-46/h1-43H. The molecule has 0 aliphatic rings. The second kappa shape index (κ2) is 17.1. The maximum absolute atomic E-state index is 2.35. The fourth-order valence-corrected chi connectivity index (χ4v) is 8.43. The molecule has 10 aromatic rings. The predicted molar refractivity (Wildman–Crippen MR) is 259 cm³/mol. The third kappa shape index (κ3) is 7.93. The number of hydrogen-bond acceptors (Lipinski definition) is 1. The van der Waals surface area contributed by atoms with E-state index in [4.69, 9.17) is 0 Å². The maximum Gasteiger partial charge on any atom is 0.0462 e. The van der Waals surface area contributed by atoms with E-state index in [1.807, 2.05) is 0 Å². The van der Waals surface area contributed by atoms with E-state index < -0.39 is 0 Å². The molecule has 1 nitrogen and oxygen atoms in total. The second-order valence-electron chi connectivity index (χ2n) is 15.3. The van der Waals surface area contributed by atoms with E-state index >= 15 is 0 Å². The maximum atomic E-state index is 2.35. The molecule has 10 aromatic carbocycles. The van der Waals surface area contributed by atoms with Gasteiger partial charge in [0.15, 0.2) is 0 Å². The van der Waals surface area contributed by atoms with Crippen LogP contribution in [-0.4, -0.2) is 0 Å². The number of nitrogens with zero attached hydrogens (tertiary/aromatic N) is 1. The van der Waals surface area contributed by atoms with Crippen LogP contribution in [0.3, 0.4) is 0 Å². The lowest BCUT2D eigenvalue weighted by molar-refractivity contribution is 1.28. The number of benzene rings is 10. The van der Waals surface area contributed by atoms with Crippen molar-refractivity contribution < 1.29 is 0 Å². The van der Waals surface area contributed by atoms with Gasteiger partial charge in [-0.25, -0.2) is 0 Å². The van der Waals surface area contributed by atoms with Crippen LogP contribution in [0.5, 0.6) is 0 Å². The molecule has 0 bridgehead atoms. The summed E-state index contributed by atoms with van der Waals surface area (Å²) in [5.74, 6) is 0. The summed E-state index contributed by atoms with van der Waals surface area (Å²) in [7, 11) is 0. The van der Waals surface area contributed by atoms with Gasteiger partial charge in [0.25, 0.3) is 0 Å². The van der Waals surface area contributed by atoms with Crippen LogP contribution in [0.1, 0.15) is 0 Å². The van der Waals surface area contributed by atoms with Crippen molar-refractivity contribution in [2.45, 2.75) is 0 Å². The first-order valence-corrected chi connectivity index (χ1v) is 20.9. The summed E-state index contributed by atoms with van der Waals surface area (Å²) in [6.07, 6.45) is 0. The average molecular weight is 778 g/mol. The Morgan fingerprint density at radius 2 is 0.393 bits per heavy atom. The van der Waals surface area contributed by atoms with Gasteiger partial charge < -0.3 is 4.90 Å². The van der Waals surface area contributed by atoms with Crippen molar-refractivity contribution in [2.75, 3.05) is 4.90 Å². The van der Waals surface area contributed by atoms with Gasteiger partial charge in [0.1, 0.15) is 0 Å². The van der Waals surface area contributed by atoms with E-state index in [1.165, 1.54) is 72.3 Å². The van der Waals surface area contributed by atoms with Crippen molar-refractivity contribution in [1.82, 2.24) is 0 Å². The molecule has 0 saturated carbocycles. The number of hydrogen-bond donors (Lipinski definition) is 0. The van der Waals surface area contributed by atoms with Crippen LogP contribution in [0.4, 0.5) is 17.1 Å². The fourth-order valence-electron chi connectivity index (χ4n) is 8.43. The Labute approximate surface area is 359 Å². The van der Waals surface area contributed by atoms with Crippen molar-refractivity contribution in [3.63, 3.8) is 0 Å². The van der Waals surface area contributed by atoms with Crippen LogP contribution < -0.4 is 4.90 Å². The smallest absolute Gasteiger partial charge is 0.0462 e. The lowest BCUT2D eigenvalue weighted by atomic mass is 9.89. The normalized spacial score (nSPS) is 11.0. The highest BCUT2D eigenvalue weighted by molar-refractivity contribution is 5.90. The summed E-state index contributed by atoms with van der Waals surface area (Å²) < 4.78 is 0. The first-order chi connectivity index (χ1) is 30.2.